The third-order valence-electron chi connectivity index (χ3n) is 6.05. The Balaban J connectivity index is 1.69. The summed E-state index contributed by atoms with van der Waals surface area (Å²) in [5.41, 5.74) is -1.01. The van der Waals surface area contributed by atoms with Gasteiger partial charge in [0.2, 0.25) is 17.6 Å². The van der Waals surface area contributed by atoms with Gasteiger partial charge in [-0.1, -0.05) is 25.7 Å². The summed E-state index contributed by atoms with van der Waals surface area (Å²) in [4.78, 5) is 33.1. The molecule has 172 valence electrons. The molecule has 2 fully saturated rings. The fraction of sp³-hybridized carbons (Fsp3) is 0.700. The maximum Gasteiger partial charge on any atom is 0.233 e. The highest BCUT2D eigenvalue weighted by Gasteiger charge is 2.34. The van der Waals surface area contributed by atoms with Crippen molar-refractivity contribution < 1.29 is 24.3 Å². The molecule has 1 aliphatic carbocycles. The first-order valence-electron chi connectivity index (χ1n) is 10.6. The fourth-order valence-electron chi connectivity index (χ4n) is 4.40. The van der Waals surface area contributed by atoms with Gasteiger partial charge in [0.25, 0.3) is 0 Å². The van der Waals surface area contributed by atoms with Crippen molar-refractivity contribution in [3.05, 3.63) is 16.8 Å². The number of amides is 2. The molecule has 9 nitrogen and oxygen atoms in total. The summed E-state index contributed by atoms with van der Waals surface area (Å²) < 4.78 is 15.0. The molecule has 2 amide bonds. The maximum atomic E-state index is 15.0. The zero-order valence-corrected chi connectivity index (χ0v) is 18.3. The number of hydroxylamine groups is 2. The topological polar surface area (TPSA) is 119 Å². The van der Waals surface area contributed by atoms with Crippen LogP contribution in [-0.4, -0.2) is 62.9 Å². The van der Waals surface area contributed by atoms with E-state index in [4.69, 9.17) is 11.6 Å². The van der Waals surface area contributed by atoms with Crippen LogP contribution in [0.5, 0.6) is 0 Å². The van der Waals surface area contributed by atoms with Crippen molar-refractivity contribution in [2.24, 2.45) is 11.8 Å². The minimum atomic E-state index is -0.944. The number of anilines is 1. The molecule has 1 unspecified atom stereocenters. The zero-order chi connectivity index (χ0) is 22.6. The van der Waals surface area contributed by atoms with Gasteiger partial charge in [-0.3, -0.25) is 14.8 Å². The molecule has 2 aliphatic rings. The molecule has 1 aromatic heterocycles. The predicted molar refractivity (Wildman–Crippen MR) is 111 cm³/mol. The molecule has 1 aromatic rings. The molecule has 11 heteroatoms. The number of β-amino-alcohol motifs (C(OH)–C–C–N with tert-alkyl or cyclic N) is 1. The number of rotatable bonds is 9. The number of aromatic nitrogens is 2. The molecule has 2 atom stereocenters. The van der Waals surface area contributed by atoms with Crippen molar-refractivity contribution in [3.8, 4) is 0 Å². The van der Waals surface area contributed by atoms with E-state index in [0.29, 0.717) is 30.4 Å². The number of nitrogens with zero attached hydrogens (tertiary/aromatic N) is 4. The van der Waals surface area contributed by atoms with Crippen molar-refractivity contribution in [2.45, 2.75) is 57.6 Å². The number of hydrogen-bond donors (Lipinski definition) is 3. The van der Waals surface area contributed by atoms with Crippen molar-refractivity contribution in [3.63, 3.8) is 0 Å². The van der Waals surface area contributed by atoms with Gasteiger partial charge in [0, 0.05) is 13.1 Å². The van der Waals surface area contributed by atoms with Crippen LogP contribution in [0.3, 0.4) is 0 Å². The van der Waals surface area contributed by atoms with E-state index in [0.717, 1.165) is 25.7 Å². The Kier molecular flexibility index (Phi) is 7.66. The summed E-state index contributed by atoms with van der Waals surface area (Å²) in [6, 6.07) is 0. The first-order valence-corrected chi connectivity index (χ1v) is 10.9. The van der Waals surface area contributed by atoms with Crippen LogP contribution < -0.4 is 10.2 Å². The Labute approximate surface area is 185 Å². The van der Waals surface area contributed by atoms with E-state index in [1.165, 1.54) is 0 Å². The number of halogens is 2. The van der Waals surface area contributed by atoms with Gasteiger partial charge in [0.15, 0.2) is 11.6 Å². The van der Waals surface area contributed by atoms with Crippen LogP contribution in [0.15, 0.2) is 0 Å². The highest BCUT2D eigenvalue weighted by Crippen LogP contribution is 2.31. The van der Waals surface area contributed by atoms with E-state index in [-0.39, 0.29) is 42.8 Å². The molecule has 0 spiro atoms. The lowest BCUT2D eigenvalue weighted by molar-refractivity contribution is -0.155. The normalized spacial score (nSPS) is 22.5. The molecule has 0 aromatic carbocycles. The first-order chi connectivity index (χ1) is 14.7. The Bertz CT molecular complexity index is 806. The number of carbonyl (C=O) groups excluding carboxylic acids is 2. The first kappa shape index (κ1) is 23.6. The second kappa shape index (κ2) is 10.1. The number of nitrogens with one attached hydrogen (secondary N) is 1. The molecular formula is C20H29ClFN5O4. The van der Waals surface area contributed by atoms with Crippen LogP contribution in [-0.2, 0) is 16.1 Å². The van der Waals surface area contributed by atoms with Gasteiger partial charge in [-0.15, -0.1) is 0 Å². The van der Waals surface area contributed by atoms with E-state index in [1.54, 1.807) is 11.8 Å². The number of carbonyl (C=O) groups is 2. The second-order valence-corrected chi connectivity index (χ2v) is 9.11. The zero-order valence-electron chi connectivity index (χ0n) is 17.6. The van der Waals surface area contributed by atoms with Crippen LogP contribution in [0.4, 0.5) is 10.2 Å². The molecule has 3 N–H and O–H groups in total. The molecule has 0 radical (unpaired) electrons. The maximum absolute atomic E-state index is 15.0. The van der Waals surface area contributed by atoms with Gasteiger partial charge in [-0.25, -0.2) is 14.4 Å². The summed E-state index contributed by atoms with van der Waals surface area (Å²) >= 11 is 5.98. The molecule has 1 aliphatic heterocycles. The van der Waals surface area contributed by atoms with Gasteiger partial charge in [-0.05, 0) is 37.3 Å². The number of hydrogen-bond acceptors (Lipinski definition) is 7. The van der Waals surface area contributed by atoms with Gasteiger partial charge in [0.1, 0.15) is 5.69 Å². The van der Waals surface area contributed by atoms with E-state index in [2.05, 4.69) is 15.3 Å². The predicted octanol–water partition coefficient (Wildman–Crippen LogP) is 1.89. The average Bonchev–Trinajstić information content (AvgIpc) is 3.36. The van der Waals surface area contributed by atoms with Gasteiger partial charge >= 0.3 is 0 Å². The van der Waals surface area contributed by atoms with Crippen LogP contribution in [0.2, 0.25) is 5.28 Å². The Hall–Kier alpha value is -2.04. The molecular weight excluding hydrogens is 429 g/mol. The summed E-state index contributed by atoms with van der Waals surface area (Å²) in [6.45, 7) is 1.96. The van der Waals surface area contributed by atoms with Crippen LogP contribution in [0.25, 0.3) is 0 Å². The molecule has 2 heterocycles. The minimum Gasteiger partial charge on any atom is -0.388 e. The van der Waals surface area contributed by atoms with Crippen molar-refractivity contribution in [1.82, 2.24) is 20.3 Å². The van der Waals surface area contributed by atoms with Crippen LogP contribution >= 0.6 is 11.6 Å². The van der Waals surface area contributed by atoms with E-state index in [1.807, 2.05) is 0 Å². The Morgan fingerprint density at radius 1 is 1.45 bits per heavy atom. The molecule has 0 bridgehead atoms. The molecule has 31 heavy (non-hydrogen) atoms. The lowest BCUT2D eigenvalue weighted by Crippen LogP contribution is -2.38. The Morgan fingerprint density at radius 2 is 2.16 bits per heavy atom. The molecule has 1 saturated carbocycles. The molecule has 3 rings (SSSR count). The van der Waals surface area contributed by atoms with E-state index >= 15 is 4.39 Å². The molecule has 1 saturated heterocycles. The quantitative estimate of drug-likeness (QED) is 0.224. The standard InChI is InChI=1S/C20H29ClFN5O4/c1-20(30)6-7-26(11-20)17-16(22)15(24-19(21)25-17)9-23-18(29)14(10-27(31)12-28)8-13-4-2-3-5-13/h12-14,30-31H,2-11H2,1H3,(H,23,29)/t14-,20?/m1/s1. The van der Waals surface area contributed by atoms with Gasteiger partial charge in [-0.2, -0.15) is 4.98 Å². The van der Waals surface area contributed by atoms with E-state index < -0.39 is 23.2 Å². The van der Waals surface area contributed by atoms with Crippen molar-refractivity contribution in [2.75, 3.05) is 24.5 Å². The average molecular weight is 458 g/mol. The fourth-order valence-corrected chi connectivity index (χ4v) is 4.58. The summed E-state index contributed by atoms with van der Waals surface area (Å²) in [5, 5.41) is 22.7. The largest absolute Gasteiger partial charge is 0.388 e. The highest BCUT2D eigenvalue weighted by molar-refractivity contribution is 6.28. The summed E-state index contributed by atoms with van der Waals surface area (Å²) in [6.07, 6.45) is 5.49. The second-order valence-electron chi connectivity index (χ2n) is 8.77. The third kappa shape index (κ3) is 6.24. The SMILES string of the molecule is CC1(O)CCN(c2nc(Cl)nc(CNC(=O)[C@H](CC3CCCC3)CN(O)C=O)c2F)C1. The van der Waals surface area contributed by atoms with Crippen LogP contribution in [0, 0.1) is 17.7 Å². The summed E-state index contributed by atoms with van der Waals surface area (Å²) in [7, 11) is 0. The minimum absolute atomic E-state index is 0.00739. The van der Waals surface area contributed by atoms with Crippen molar-refractivity contribution in [1.29, 1.82) is 0 Å². The highest BCUT2D eigenvalue weighted by atomic mass is 35.5. The van der Waals surface area contributed by atoms with E-state index in [9.17, 15) is 19.9 Å². The third-order valence-corrected chi connectivity index (χ3v) is 6.22. The smallest absolute Gasteiger partial charge is 0.233 e. The number of aliphatic hydroxyl groups is 1. The monoisotopic (exact) mass is 457 g/mol. The van der Waals surface area contributed by atoms with Gasteiger partial charge < -0.3 is 15.3 Å². The van der Waals surface area contributed by atoms with Crippen LogP contribution in [0.1, 0.15) is 51.1 Å². The van der Waals surface area contributed by atoms with Crippen molar-refractivity contribution >= 4 is 29.7 Å². The Morgan fingerprint density at radius 3 is 2.77 bits per heavy atom. The van der Waals surface area contributed by atoms with Gasteiger partial charge in [0.05, 0.1) is 24.6 Å². The lowest BCUT2D eigenvalue weighted by Gasteiger charge is -2.23. The lowest BCUT2D eigenvalue weighted by atomic mass is 9.92. The summed E-state index contributed by atoms with van der Waals surface area (Å²) in [5.74, 6) is -1.37.